The van der Waals surface area contributed by atoms with Crippen molar-refractivity contribution in [2.45, 2.75) is 38.1 Å². The third-order valence-corrected chi connectivity index (χ3v) is 5.17. The Labute approximate surface area is 153 Å². The number of rotatable bonds is 9. The van der Waals surface area contributed by atoms with E-state index in [0.29, 0.717) is 6.54 Å². The lowest BCUT2D eigenvalue weighted by Crippen LogP contribution is -2.46. The van der Waals surface area contributed by atoms with Crippen LogP contribution < -0.4 is 10.6 Å². The first-order chi connectivity index (χ1) is 12.2. The van der Waals surface area contributed by atoms with E-state index in [9.17, 15) is 22.8 Å². The van der Waals surface area contributed by atoms with E-state index in [1.54, 1.807) is 19.1 Å². The van der Waals surface area contributed by atoms with Gasteiger partial charge in [0.15, 0.2) is 16.4 Å². The van der Waals surface area contributed by atoms with Gasteiger partial charge < -0.3 is 15.4 Å². The van der Waals surface area contributed by atoms with Crippen LogP contribution in [0.5, 0.6) is 0 Å². The fourth-order valence-corrected chi connectivity index (χ4v) is 3.20. The maximum atomic E-state index is 12.1. The number of carbonyl (C=O) groups is 3. The first kappa shape index (κ1) is 21.6. The number of likely N-dealkylation sites (N-methyl/N-ethyl adjacent to an activating group) is 1. The molecule has 0 aromatic heterocycles. The Morgan fingerprint density at radius 3 is 2.35 bits per heavy atom. The van der Waals surface area contributed by atoms with Gasteiger partial charge in [0.1, 0.15) is 6.04 Å². The SMILES string of the molecule is CCNC(=O)[C@@H](C)NC(=O)COC(=O)CCS(=O)(=O)c1ccc(C)cc1. The molecule has 0 unspecified atom stereocenters. The standard InChI is InChI=1S/C17H24N2O6S/c1-4-18-17(22)13(3)19-15(20)11-25-16(21)9-10-26(23,24)14-7-5-12(2)6-8-14/h5-8,13H,4,9-11H2,1-3H3,(H,18,22)(H,19,20)/t13-/m1/s1. The lowest BCUT2D eigenvalue weighted by atomic mass is 10.2. The average molecular weight is 384 g/mol. The van der Waals surface area contributed by atoms with Crippen LogP contribution in [-0.2, 0) is 29.0 Å². The number of sulfone groups is 1. The van der Waals surface area contributed by atoms with Crippen molar-refractivity contribution in [3.8, 4) is 0 Å². The highest BCUT2D eigenvalue weighted by Crippen LogP contribution is 2.13. The van der Waals surface area contributed by atoms with E-state index < -0.39 is 40.1 Å². The molecule has 144 valence electrons. The maximum absolute atomic E-state index is 12.1. The molecule has 0 bridgehead atoms. The summed E-state index contributed by atoms with van der Waals surface area (Å²) in [6.07, 6.45) is -0.366. The van der Waals surface area contributed by atoms with Gasteiger partial charge in [-0.25, -0.2) is 8.42 Å². The van der Waals surface area contributed by atoms with E-state index in [1.165, 1.54) is 19.1 Å². The van der Waals surface area contributed by atoms with E-state index in [1.807, 2.05) is 6.92 Å². The van der Waals surface area contributed by atoms with Crippen LogP contribution in [0.4, 0.5) is 0 Å². The topological polar surface area (TPSA) is 119 Å². The highest BCUT2D eigenvalue weighted by Gasteiger charge is 2.19. The van der Waals surface area contributed by atoms with Crippen LogP contribution >= 0.6 is 0 Å². The number of carbonyl (C=O) groups excluding carboxylic acids is 3. The number of ether oxygens (including phenoxy) is 1. The molecule has 2 amide bonds. The van der Waals surface area contributed by atoms with Crippen molar-refractivity contribution < 1.29 is 27.5 Å². The van der Waals surface area contributed by atoms with Crippen molar-refractivity contribution in [1.82, 2.24) is 10.6 Å². The lowest BCUT2D eigenvalue weighted by Gasteiger charge is -2.13. The van der Waals surface area contributed by atoms with Crippen molar-refractivity contribution in [2.24, 2.45) is 0 Å². The van der Waals surface area contributed by atoms with Crippen molar-refractivity contribution in [3.63, 3.8) is 0 Å². The molecule has 8 nitrogen and oxygen atoms in total. The fourth-order valence-electron chi connectivity index (χ4n) is 1.98. The predicted octanol–water partition coefficient (Wildman–Crippen LogP) is 0.343. The number of nitrogens with one attached hydrogen (secondary N) is 2. The van der Waals surface area contributed by atoms with E-state index >= 15 is 0 Å². The molecule has 1 atom stereocenters. The Bertz CT molecular complexity index is 743. The van der Waals surface area contributed by atoms with Crippen LogP contribution in [-0.4, -0.2) is 51.1 Å². The van der Waals surface area contributed by atoms with Gasteiger partial charge in [0.2, 0.25) is 5.91 Å². The lowest BCUT2D eigenvalue weighted by molar-refractivity contribution is -0.148. The minimum Gasteiger partial charge on any atom is -0.456 e. The van der Waals surface area contributed by atoms with Crippen molar-refractivity contribution >= 4 is 27.6 Å². The van der Waals surface area contributed by atoms with Crippen molar-refractivity contribution in [3.05, 3.63) is 29.8 Å². The molecule has 0 aliphatic carbocycles. The Balaban J connectivity index is 2.41. The van der Waals surface area contributed by atoms with Gasteiger partial charge in [-0.05, 0) is 32.9 Å². The summed E-state index contributed by atoms with van der Waals surface area (Å²) < 4.78 is 29.0. The summed E-state index contributed by atoms with van der Waals surface area (Å²) in [4.78, 5) is 34.9. The molecule has 0 heterocycles. The quantitative estimate of drug-likeness (QED) is 0.593. The second-order valence-electron chi connectivity index (χ2n) is 5.73. The van der Waals surface area contributed by atoms with E-state index in [2.05, 4.69) is 10.6 Å². The summed E-state index contributed by atoms with van der Waals surface area (Å²) in [6.45, 7) is 4.94. The summed E-state index contributed by atoms with van der Waals surface area (Å²) in [5, 5.41) is 4.92. The predicted molar refractivity (Wildman–Crippen MR) is 95.1 cm³/mol. The van der Waals surface area contributed by atoms with Crippen LogP contribution in [0.15, 0.2) is 29.2 Å². The Morgan fingerprint density at radius 2 is 1.77 bits per heavy atom. The molecule has 0 fully saturated rings. The number of amides is 2. The van der Waals surface area contributed by atoms with Crippen LogP contribution in [0, 0.1) is 6.92 Å². The van der Waals surface area contributed by atoms with Gasteiger partial charge in [-0.1, -0.05) is 17.7 Å². The molecule has 0 aliphatic heterocycles. The Morgan fingerprint density at radius 1 is 1.15 bits per heavy atom. The van der Waals surface area contributed by atoms with Crippen LogP contribution in [0.2, 0.25) is 0 Å². The third kappa shape index (κ3) is 7.22. The van der Waals surface area contributed by atoms with Gasteiger partial charge in [-0.2, -0.15) is 0 Å². The first-order valence-electron chi connectivity index (χ1n) is 8.18. The second kappa shape index (κ2) is 9.91. The van der Waals surface area contributed by atoms with Crippen LogP contribution in [0.3, 0.4) is 0 Å². The number of hydrogen-bond donors (Lipinski definition) is 2. The molecule has 0 saturated carbocycles. The van der Waals surface area contributed by atoms with E-state index in [4.69, 9.17) is 4.74 Å². The molecule has 9 heteroatoms. The van der Waals surface area contributed by atoms with E-state index in [0.717, 1.165) is 5.56 Å². The van der Waals surface area contributed by atoms with Gasteiger partial charge >= 0.3 is 5.97 Å². The number of hydrogen-bond acceptors (Lipinski definition) is 6. The van der Waals surface area contributed by atoms with Gasteiger partial charge in [-0.3, -0.25) is 14.4 Å². The Hall–Kier alpha value is -2.42. The fraction of sp³-hybridized carbons (Fsp3) is 0.471. The number of aryl methyl sites for hydroxylation is 1. The summed E-state index contributed by atoms with van der Waals surface area (Å²) in [5.74, 6) is -2.21. The van der Waals surface area contributed by atoms with Crippen LogP contribution in [0.25, 0.3) is 0 Å². The summed E-state index contributed by atoms with van der Waals surface area (Å²) >= 11 is 0. The molecule has 2 N–H and O–H groups in total. The minimum atomic E-state index is -3.60. The second-order valence-corrected chi connectivity index (χ2v) is 7.84. The highest BCUT2D eigenvalue weighted by atomic mass is 32.2. The van der Waals surface area contributed by atoms with Crippen molar-refractivity contribution in [1.29, 1.82) is 0 Å². The summed E-state index contributed by atoms with van der Waals surface area (Å²) in [5.41, 5.74) is 0.927. The summed E-state index contributed by atoms with van der Waals surface area (Å²) in [7, 11) is -3.60. The van der Waals surface area contributed by atoms with E-state index in [-0.39, 0.29) is 17.2 Å². The van der Waals surface area contributed by atoms with Crippen molar-refractivity contribution in [2.75, 3.05) is 18.9 Å². The first-order valence-corrected chi connectivity index (χ1v) is 9.83. The van der Waals surface area contributed by atoms with Gasteiger partial charge in [0, 0.05) is 6.54 Å². The van der Waals surface area contributed by atoms with Gasteiger partial charge in [-0.15, -0.1) is 0 Å². The maximum Gasteiger partial charge on any atom is 0.307 e. The molecule has 0 saturated heterocycles. The molecule has 0 radical (unpaired) electrons. The molecule has 0 aliphatic rings. The molecule has 26 heavy (non-hydrogen) atoms. The zero-order valence-electron chi connectivity index (χ0n) is 15.1. The zero-order valence-corrected chi connectivity index (χ0v) is 15.9. The van der Waals surface area contributed by atoms with Crippen LogP contribution in [0.1, 0.15) is 25.8 Å². The van der Waals surface area contributed by atoms with Gasteiger partial charge in [0.25, 0.3) is 5.91 Å². The third-order valence-electron chi connectivity index (χ3n) is 3.44. The minimum absolute atomic E-state index is 0.129. The molecule has 0 spiro atoms. The molecule has 1 rings (SSSR count). The molecule has 1 aromatic carbocycles. The smallest absolute Gasteiger partial charge is 0.307 e. The number of esters is 1. The molecular weight excluding hydrogens is 360 g/mol. The number of benzene rings is 1. The summed E-state index contributed by atoms with van der Waals surface area (Å²) in [6, 6.07) is 5.54. The molecule has 1 aromatic rings. The zero-order chi connectivity index (χ0) is 19.7. The molecular formula is C17H24N2O6S. The highest BCUT2D eigenvalue weighted by molar-refractivity contribution is 7.91. The monoisotopic (exact) mass is 384 g/mol. The van der Waals surface area contributed by atoms with Gasteiger partial charge in [0.05, 0.1) is 17.1 Å². The normalized spacial score (nSPS) is 12.1. The largest absolute Gasteiger partial charge is 0.456 e. The average Bonchev–Trinajstić information content (AvgIpc) is 2.58. The Kier molecular flexibility index (Phi) is 8.24.